The third kappa shape index (κ3) is 2.56. The van der Waals surface area contributed by atoms with E-state index in [1.807, 2.05) is 0 Å². The standard InChI is InChI=1S/C15H17FO3/c1-11(12-4-6-13(16)7-5-12)14-10-17-15(19-18-14)8-2-3-9-15/h4-7,14H,1-3,8-10H2. The minimum absolute atomic E-state index is 0.265. The Morgan fingerprint density at radius 1 is 1.21 bits per heavy atom. The molecule has 3 rings (SSSR count). The van der Waals surface area contributed by atoms with Gasteiger partial charge in [-0.25, -0.2) is 14.2 Å². The largest absolute Gasteiger partial charge is 0.344 e. The highest BCUT2D eigenvalue weighted by Crippen LogP contribution is 2.38. The third-order valence-corrected chi connectivity index (χ3v) is 3.78. The number of benzene rings is 1. The maximum absolute atomic E-state index is 12.9. The molecule has 3 nitrogen and oxygen atoms in total. The number of ether oxygens (including phenoxy) is 1. The summed E-state index contributed by atoms with van der Waals surface area (Å²) < 4.78 is 18.7. The predicted octanol–water partition coefficient (Wildman–Crippen LogP) is 3.46. The highest BCUT2D eigenvalue weighted by atomic mass is 19.1. The molecule has 1 spiro atoms. The Labute approximate surface area is 111 Å². The molecule has 102 valence electrons. The van der Waals surface area contributed by atoms with Crippen LogP contribution in [0.4, 0.5) is 4.39 Å². The molecule has 0 bridgehead atoms. The lowest BCUT2D eigenvalue weighted by Crippen LogP contribution is -2.43. The Balaban J connectivity index is 1.64. The van der Waals surface area contributed by atoms with Crippen molar-refractivity contribution in [2.45, 2.75) is 37.6 Å². The van der Waals surface area contributed by atoms with Crippen LogP contribution in [0.2, 0.25) is 0 Å². The van der Waals surface area contributed by atoms with Crippen molar-refractivity contribution in [3.63, 3.8) is 0 Å². The molecule has 0 amide bonds. The van der Waals surface area contributed by atoms with Crippen LogP contribution in [0.3, 0.4) is 0 Å². The van der Waals surface area contributed by atoms with Gasteiger partial charge in [-0.3, -0.25) is 0 Å². The molecule has 1 unspecified atom stereocenters. The van der Waals surface area contributed by atoms with Gasteiger partial charge in [-0.15, -0.1) is 0 Å². The summed E-state index contributed by atoms with van der Waals surface area (Å²) in [6, 6.07) is 6.18. The second-order valence-corrected chi connectivity index (χ2v) is 5.13. The first-order chi connectivity index (χ1) is 9.19. The van der Waals surface area contributed by atoms with E-state index in [1.165, 1.54) is 12.1 Å². The van der Waals surface area contributed by atoms with Gasteiger partial charge in [-0.05, 0) is 36.1 Å². The predicted molar refractivity (Wildman–Crippen MR) is 68.5 cm³/mol. The van der Waals surface area contributed by atoms with E-state index in [2.05, 4.69) is 6.58 Å². The summed E-state index contributed by atoms with van der Waals surface area (Å²) in [5, 5.41) is 0. The lowest BCUT2D eigenvalue weighted by molar-refractivity contribution is -0.475. The van der Waals surface area contributed by atoms with Crippen molar-refractivity contribution in [2.75, 3.05) is 6.61 Å². The maximum Gasteiger partial charge on any atom is 0.201 e. The van der Waals surface area contributed by atoms with Crippen molar-refractivity contribution in [3.8, 4) is 0 Å². The van der Waals surface area contributed by atoms with Gasteiger partial charge in [0, 0.05) is 12.8 Å². The molecule has 1 atom stereocenters. The number of hydrogen-bond donors (Lipinski definition) is 0. The molecule has 1 aliphatic heterocycles. The van der Waals surface area contributed by atoms with E-state index >= 15 is 0 Å². The first-order valence-electron chi connectivity index (χ1n) is 6.62. The normalized spacial score (nSPS) is 25.6. The Morgan fingerprint density at radius 2 is 1.89 bits per heavy atom. The van der Waals surface area contributed by atoms with Gasteiger partial charge in [0.2, 0.25) is 5.79 Å². The van der Waals surface area contributed by atoms with E-state index < -0.39 is 5.79 Å². The first-order valence-corrected chi connectivity index (χ1v) is 6.62. The van der Waals surface area contributed by atoms with E-state index in [-0.39, 0.29) is 11.9 Å². The summed E-state index contributed by atoms with van der Waals surface area (Å²) in [4.78, 5) is 10.9. The van der Waals surface area contributed by atoms with Crippen molar-refractivity contribution in [1.29, 1.82) is 0 Å². The molecule has 1 aromatic rings. The molecule has 1 aliphatic carbocycles. The molecule has 4 heteroatoms. The fraction of sp³-hybridized carbons (Fsp3) is 0.467. The molecule has 19 heavy (non-hydrogen) atoms. The molecule has 2 aliphatic rings. The van der Waals surface area contributed by atoms with Crippen LogP contribution in [0.5, 0.6) is 0 Å². The van der Waals surface area contributed by atoms with Crippen LogP contribution in [0.25, 0.3) is 5.57 Å². The molecule has 0 aromatic heterocycles. The van der Waals surface area contributed by atoms with Crippen LogP contribution < -0.4 is 0 Å². The Kier molecular flexibility index (Phi) is 3.39. The van der Waals surface area contributed by atoms with E-state index in [4.69, 9.17) is 14.5 Å². The van der Waals surface area contributed by atoms with Gasteiger partial charge >= 0.3 is 0 Å². The monoisotopic (exact) mass is 264 g/mol. The summed E-state index contributed by atoms with van der Waals surface area (Å²) >= 11 is 0. The zero-order valence-electron chi connectivity index (χ0n) is 10.7. The van der Waals surface area contributed by atoms with E-state index in [0.29, 0.717) is 6.61 Å². The van der Waals surface area contributed by atoms with Gasteiger partial charge in [0.15, 0.2) is 0 Å². The molecule has 0 radical (unpaired) electrons. The highest BCUT2D eigenvalue weighted by molar-refractivity contribution is 5.66. The van der Waals surface area contributed by atoms with Crippen LogP contribution in [0.15, 0.2) is 30.8 Å². The van der Waals surface area contributed by atoms with Crippen LogP contribution >= 0.6 is 0 Å². The second kappa shape index (κ2) is 5.04. The van der Waals surface area contributed by atoms with Crippen LogP contribution in [0, 0.1) is 5.82 Å². The van der Waals surface area contributed by atoms with Gasteiger partial charge in [-0.1, -0.05) is 18.7 Å². The Hall–Kier alpha value is -1.23. The maximum atomic E-state index is 12.9. The summed E-state index contributed by atoms with van der Waals surface area (Å²) in [6.07, 6.45) is 3.63. The molecule has 1 saturated carbocycles. The van der Waals surface area contributed by atoms with Crippen molar-refractivity contribution in [2.24, 2.45) is 0 Å². The average molecular weight is 264 g/mol. The minimum atomic E-state index is -0.542. The summed E-state index contributed by atoms with van der Waals surface area (Å²) in [5.74, 6) is -0.807. The third-order valence-electron chi connectivity index (χ3n) is 3.78. The number of hydrogen-bond acceptors (Lipinski definition) is 3. The zero-order chi connectivity index (χ0) is 13.3. The molecule has 1 heterocycles. The lowest BCUT2D eigenvalue weighted by Gasteiger charge is -2.36. The van der Waals surface area contributed by atoms with Gasteiger partial charge < -0.3 is 4.74 Å². The quantitative estimate of drug-likeness (QED) is 0.766. The minimum Gasteiger partial charge on any atom is -0.344 e. The molecular weight excluding hydrogens is 247 g/mol. The summed E-state index contributed by atoms with van der Waals surface area (Å²) in [7, 11) is 0. The van der Waals surface area contributed by atoms with Gasteiger partial charge in [0.1, 0.15) is 11.9 Å². The van der Waals surface area contributed by atoms with Crippen molar-refractivity contribution in [1.82, 2.24) is 0 Å². The summed E-state index contributed by atoms with van der Waals surface area (Å²) in [6.45, 7) is 4.41. The van der Waals surface area contributed by atoms with Crippen molar-refractivity contribution >= 4 is 5.57 Å². The van der Waals surface area contributed by atoms with Crippen LogP contribution in [-0.2, 0) is 14.5 Å². The van der Waals surface area contributed by atoms with E-state index in [0.717, 1.165) is 36.8 Å². The molecule has 0 N–H and O–H groups in total. The number of rotatable bonds is 2. The zero-order valence-corrected chi connectivity index (χ0v) is 10.7. The Bertz CT molecular complexity index is 453. The van der Waals surface area contributed by atoms with E-state index in [9.17, 15) is 4.39 Å². The van der Waals surface area contributed by atoms with Gasteiger partial charge in [-0.2, -0.15) is 0 Å². The highest BCUT2D eigenvalue weighted by Gasteiger charge is 2.42. The van der Waals surface area contributed by atoms with E-state index in [1.54, 1.807) is 12.1 Å². The Morgan fingerprint density at radius 3 is 2.47 bits per heavy atom. The molecular formula is C15H17FO3. The van der Waals surface area contributed by atoms with Crippen molar-refractivity contribution in [3.05, 3.63) is 42.2 Å². The number of halogens is 1. The SMILES string of the molecule is C=C(c1ccc(F)cc1)C1COC2(CCCC2)OO1. The fourth-order valence-corrected chi connectivity index (χ4v) is 2.58. The van der Waals surface area contributed by atoms with Crippen molar-refractivity contribution < 1.29 is 18.9 Å². The van der Waals surface area contributed by atoms with Gasteiger partial charge in [0.05, 0.1) is 6.61 Å². The van der Waals surface area contributed by atoms with Crippen LogP contribution in [0.1, 0.15) is 31.2 Å². The first kappa shape index (κ1) is 12.8. The summed E-state index contributed by atoms with van der Waals surface area (Å²) in [5.41, 5.74) is 1.58. The average Bonchev–Trinajstić information content (AvgIpc) is 2.88. The van der Waals surface area contributed by atoms with Crippen LogP contribution in [-0.4, -0.2) is 18.5 Å². The topological polar surface area (TPSA) is 27.7 Å². The molecule has 1 saturated heterocycles. The fourth-order valence-electron chi connectivity index (χ4n) is 2.58. The lowest BCUT2D eigenvalue weighted by atomic mass is 10.0. The molecule has 2 fully saturated rings. The van der Waals surface area contributed by atoms with Gasteiger partial charge in [0.25, 0.3) is 0 Å². The smallest absolute Gasteiger partial charge is 0.201 e. The second-order valence-electron chi connectivity index (χ2n) is 5.13. The molecule has 1 aromatic carbocycles.